The molecule has 24 heavy (non-hydrogen) atoms. The van der Waals surface area contributed by atoms with Crippen LogP contribution in [0.2, 0.25) is 0 Å². The minimum atomic E-state index is -3.23. The topological polar surface area (TPSA) is 63.2 Å². The third-order valence-corrected chi connectivity index (χ3v) is 5.32. The monoisotopic (exact) mass is 345 g/mol. The molecule has 0 aliphatic heterocycles. The lowest BCUT2D eigenvalue weighted by molar-refractivity contribution is 0.101. The van der Waals surface area contributed by atoms with E-state index < -0.39 is 9.84 Å². The highest BCUT2D eigenvalue weighted by atomic mass is 32.2. The van der Waals surface area contributed by atoms with Gasteiger partial charge in [0.15, 0.2) is 15.6 Å². The van der Waals surface area contributed by atoms with Crippen molar-refractivity contribution in [1.82, 2.24) is 0 Å². The molecule has 2 aromatic rings. The molecular weight excluding hydrogens is 322 g/mol. The van der Waals surface area contributed by atoms with Gasteiger partial charge in [0, 0.05) is 24.1 Å². The van der Waals surface area contributed by atoms with Crippen molar-refractivity contribution in [2.24, 2.45) is 0 Å². The first-order valence-electron chi connectivity index (χ1n) is 7.76. The Morgan fingerprint density at radius 1 is 1.08 bits per heavy atom. The molecule has 0 saturated carbocycles. The highest BCUT2D eigenvalue weighted by Gasteiger charge is 2.14. The minimum Gasteiger partial charge on any atom is -0.381 e. The molecule has 2 aromatic carbocycles. The maximum Gasteiger partial charge on any atom is 0.175 e. The minimum absolute atomic E-state index is 0.0605. The van der Waals surface area contributed by atoms with Crippen LogP contribution in [0.5, 0.6) is 0 Å². The fraction of sp³-hybridized carbons (Fsp3) is 0.316. The molecule has 0 saturated heterocycles. The highest BCUT2D eigenvalue weighted by molar-refractivity contribution is 7.90. The quantitative estimate of drug-likeness (QED) is 0.837. The Morgan fingerprint density at radius 2 is 1.75 bits per heavy atom. The molecule has 1 N–H and O–H groups in total. The number of hydrogen-bond acceptors (Lipinski definition) is 4. The van der Waals surface area contributed by atoms with Gasteiger partial charge in [0.2, 0.25) is 0 Å². The average Bonchev–Trinajstić information content (AvgIpc) is 2.45. The second-order valence-corrected chi connectivity index (χ2v) is 8.21. The number of hydrogen-bond donors (Lipinski definition) is 1. The molecule has 0 aliphatic rings. The lowest BCUT2D eigenvalue weighted by Gasteiger charge is -2.17. The molecule has 0 heterocycles. The molecule has 0 spiro atoms. The van der Waals surface area contributed by atoms with E-state index in [0.29, 0.717) is 6.54 Å². The molecule has 128 valence electrons. The van der Waals surface area contributed by atoms with E-state index >= 15 is 0 Å². The molecule has 4 nitrogen and oxygen atoms in total. The van der Waals surface area contributed by atoms with Crippen LogP contribution in [0.1, 0.15) is 39.5 Å². The maximum atomic E-state index is 11.9. The van der Waals surface area contributed by atoms with Crippen LogP contribution in [0.15, 0.2) is 35.2 Å². The number of aryl methyl sites for hydroxylation is 2. The van der Waals surface area contributed by atoms with Crippen molar-refractivity contribution in [1.29, 1.82) is 0 Å². The van der Waals surface area contributed by atoms with E-state index in [1.54, 1.807) is 25.1 Å². The molecule has 0 atom stereocenters. The van der Waals surface area contributed by atoms with E-state index in [9.17, 15) is 13.2 Å². The fourth-order valence-electron chi connectivity index (χ4n) is 3.07. The van der Waals surface area contributed by atoms with Crippen molar-refractivity contribution in [3.05, 3.63) is 58.1 Å². The van der Waals surface area contributed by atoms with Crippen molar-refractivity contribution < 1.29 is 13.2 Å². The Labute approximate surface area is 143 Å². The van der Waals surface area contributed by atoms with Crippen LogP contribution in [0.4, 0.5) is 5.69 Å². The molecule has 0 amide bonds. The van der Waals surface area contributed by atoms with Crippen LogP contribution >= 0.6 is 0 Å². The van der Waals surface area contributed by atoms with Crippen LogP contribution in [0.3, 0.4) is 0 Å². The second kappa shape index (κ2) is 6.77. The Balaban J connectivity index is 2.34. The van der Waals surface area contributed by atoms with Gasteiger partial charge in [-0.3, -0.25) is 4.79 Å². The number of ketones is 1. The van der Waals surface area contributed by atoms with Crippen molar-refractivity contribution >= 4 is 21.3 Å². The van der Waals surface area contributed by atoms with E-state index in [2.05, 4.69) is 5.32 Å². The van der Waals surface area contributed by atoms with Gasteiger partial charge in [0.25, 0.3) is 0 Å². The first-order chi connectivity index (χ1) is 11.1. The van der Waals surface area contributed by atoms with Gasteiger partial charge < -0.3 is 5.32 Å². The molecule has 0 aromatic heterocycles. The maximum absolute atomic E-state index is 11.9. The van der Waals surface area contributed by atoms with Gasteiger partial charge in [-0.1, -0.05) is 12.1 Å². The molecule has 5 heteroatoms. The van der Waals surface area contributed by atoms with E-state index in [-0.39, 0.29) is 10.7 Å². The Bertz CT molecular complexity index is 899. The third kappa shape index (κ3) is 3.85. The summed E-state index contributed by atoms with van der Waals surface area (Å²) in [6.45, 7) is 8.04. The third-order valence-electron chi connectivity index (χ3n) is 4.21. The largest absolute Gasteiger partial charge is 0.381 e. The summed E-state index contributed by atoms with van der Waals surface area (Å²) in [5, 5.41) is 3.26. The Morgan fingerprint density at radius 3 is 2.33 bits per heavy atom. The summed E-state index contributed by atoms with van der Waals surface area (Å²) < 4.78 is 23.3. The van der Waals surface area contributed by atoms with Crippen molar-refractivity contribution in [2.75, 3.05) is 11.6 Å². The smallest absolute Gasteiger partial charge is 0.175 e. The summed E-state index contributed by atoms with van der Waals surface area (Å²) in [5.74, 6) is 0.0605. The lowest BCUT2D eigenvalue weighted by Crippen LogP contribution is -2.10. The van der Waals surface area contributed by atoms with E-state index in [4.69, 9.17) is 0 Å². The number of sulfone groups is 1. The second-order valence-electron chi connectivity index (χ2n) is 6.20. The molecule has 0 aliphatic carbocycles. The fourth-order valence-corrected chi connectivity index (χ4v) is 3.73. The normalized spacial score (nSPS) is 11.4. The molecule has 0 bridgehead atoms. The van der Waals surface area contributed by atoms with Crippen LogP contribution in [-0.2, 0) is 16.4 Å². The van der Waals surface area contributed by atoms with E-state index in [0.717, 1.165) is 33.5 Å². The summed E-state index contributed by atoms with van der Waals surface area (Å²) in [7, 11) is -3.23. The lowest BCUT2D eigenvalue weighted by atomic mass is 9.91. The van der Waals surface area contributed by atoms with E-state index in [1.807, 2.05) is 32.9 Å². The standard InChI is InChI=1S/C19H23NO3S/c1-12-9-13(2)19(15(4)21)14(3)18(12)11-20-16-7-6-8-17(10-16)24(5,22)23/h6-10,20H,11H2,1-5H3. The summed E-state index contributed by atoms with van der Waals surface area (Å²) in [6, 6.07) is 8.78. The number of rotatable bonds is 5. The highest BCUT2D eigenvalue weighted by Crippen LogP contribution is 2.24. The van der Waals surface area contributed by atoms with Gasteiger partial charge in [0.1, 0.15) is 0 Å². The SMILES string of the molecule is CC(=O)c1c(C)cc(C)c(CNc2cccc(S(C)(=O)=O)c2)c1C. The van der Waals surface area contributed by atoms with Crippen molar-refractivity contribution in [3.63, 3.8) is 0 Å². The number of Topliss-reactive ketones (excluding diaryl/α,β-unsaturated/α-hetero) is 1. The number of carbonyl (C=O) groups is 1. The number of benzene rings is 2. The number of carbonyl (C=O) groups excluding carboxylic acids is 1. The van der Waals surface area contributed by atoms with Crippen molar-refractivity contribution in [2.45, 2.75) is 39.1 Å². The zero-order chi connectivity index (χ0) is 18.1. The summed E-state index contributed by atoms with van der Waals surface area (Å²) in [5.41, 5.74) is 5.65. The summed E-state index contributed by atoms with van der Waals surface area (Å²) in [6.07, 6.45) is 1.19. The predicted molar refractivity (Wildman–Crippen MR) is 97.5 cm³/mol. The average molecular weight is 345 g/mol. The van der Waals surface area contributed by atoms with Gasteiger partial charge in [-0.15, -0.1) is 0 Å². The molecule has 0 radical (unpaired) electrons. The number of anilines is 1. The Hall–Kier alpha value is -2.14. The molecule has 0 unspecified atom stereocenters. The Kier molecular flexibility index (Phi) is 5.13. The van der Waals surface area contributed by atoms with Crippen LogP contribution < -0.4 is 5.32 Å². The first-order valence-corrected chi connectivity index (χ1v) is 9.65. The van der Waals surface area contributed by atoms with Gasteiger partial charge >= 0.3 is 0 Å². The van der Waals surface area contributed by atoms with Gasteiger partial charge in [-0.05, 0) is 68.1 Å². The molecule has 2 rings (SSSR count). The van der Waals surface area contributed by atoms with Crippen molar-refractivity contribution in [3.8, 4) is 0 Å². The van der Waals surface area contributed by atoms with Gasteiger partial charge in [-0.2, -0.15) is 0 Å². The first kappa shape index (κ1) is 18.2. The summed E-state index contributed by atoms with van der Waals surface area (Å²) in [4.78, 5) is 12.2. The van der Waals surface area contributed by atoms with Gasteiger partial charge in [-0.25, -0.2) is 8.42 Å². The number of nitrogens with one attached hydrogen (secondary N) is 1. The zero-order valence-corrected chi connectivity index (χ0v) is 15.5. The zero-order valence-electron chi connectivity index (χ0n) is 14.7. The van der Waals surface area contributed by atoms with Crippen LogP contribution in [0.25, 0.3) is 0 Å². The molecular formula is C19H23NO3S. The van der Waals surface area contributed by atoms with Crippen LogP contribution in [0, 0.1) is 20.8 Å². The predicted octanol–water partition coefficient (Wildman–Crippen LogP) is 3.83. The summed E-state index contributed by atoms with van der Waals surface area (Å²) >= 11 is 0. The van der Waals surface area contributed by atoms with E-state index in [1.165, 1.54) is 6.26 Å². The van der Waals surface area contributed by atoms with Gasteiger partial charge in [0.05, 0.1) is 4.90 Å². The van der Waals surface area contributed by atoms with Crippen LogP contribution in [-0.4, -0.2) is 20.5 Å². The molecule has 0 fully saturated rings.